The molecule has 0 amide bonds. The van der Waals surface area contributed by atoms with E-state index in [4.69, 9.17) is 5.73 Å². The van der Waals surface area contributed by atoms with E-state index >= 15 is 0 Å². The molecule has 1 saturated carbocycles. The van der Waals surface area contributed by atoms with E-state index in [0.29, 0.717) is 5.41 Å². The van der Waals surface area contributed by atoms with Gasteiger partial charge in [0, 0.05) is 18.7 Å². The predicted molar refractivity (Wildman–Crippen MR) is 45.6 cm³/mol. The van der Waals surface area contributed by atoms with Crippen molar-refractivity contribution < 1.29 is 0 Å². The predicted octanol–water partition coefficient (Wildman–Crippen LogP) is 0.195. The van der Waals surface area contributed by atoms with E-state index in [1.54, 1.807) is 4.68 Å². The molecule has 1 aromatic heterocycles. The van der Waals surface area contributed by atoms with Crippen LogP contribution >= 0.6 is 0 Å². The first-order valence-electron chi connectivity index (χ1n) is 4.34. The topological polar surface area (TPSA) is 56.7 Å². The van der Waals surface area contributed by atoms with E-state index in [1.807, 2.05) is 13.2 Å². The van der Waals surface area contributed by atoms with Gasteiger partial charge in [-0.05, 0) is 25.8 Å². The molecule has 2 rings (SSSR count). The average Bonchev–Trinajstić information content (AvgIpc) is 2.69. The first kappa shape index (κ1) is 7.73. The monoisotopic (exact) mass is 166 g/mol. The second kappa shape index (κ2) is 2.55. The van der Waals surface area contributed by atoms with Crippen molar-refractivity contribution in [1.29, 1.82) is 0 Å². The first-order chi connectivity index (χ1) is 5.77. The summed E-state index contributed by atoms with van der Waals surface area (Å²) in [5.41, 5.74) is 6.96. The lowest BCUT2D eigenvalue weighted by Gasteiger charge is -2.08. The van der Waals surface area contributed by atoms with Crippen LogP contribution in [0.2, 0.25) is 0 Å². The molecule has 0 bridgehead atoms. The van der Waals surface area contributed by atoms with Crippen LogP contribution in [-0.4, -0.2) is 21.5 Å². The molecule has 12 heavy (non-hydrogen) atoms. The highest BCUT2D eigenvalue weighted by molar-refractivity contribution is 5.21. The number of aromatic nitrogens is 3. The molecule has 0 radical (unpaired) electrons. The molecular weight excluding hydrogens is 152 g/mol. The third-order valence-corrected chi connectivity index (χ3v) is 2.62. The van der Waals surface area contributed by atoms with Crippen LogP contribution in [0.3, 0.4) is 0 Å². The summed E-state index contributed by atoms with van der Waals surface area (Å²) in [6.07, 6.45) is 5.50. The van der Waals surface area contributed by atoms with Crippen LogP contribution in [0.1, 0.15) is 25.0 Å². The van der Waals surface area contributed by atoms with Crippen LogP contribution in [0, 0.1) is 0 Å². The van der Waals surface area contributed by atoms with Gasteiger partial charge in [-0.25, -0.2) is 0 Å². The molecule has 0 atom stereocenters. The van der Waals surface area contributed by atoms with Gasteiger partial charge in [-0.2, -0.15) is 0 Å². The fourth-order valence-corrected chi connectivity index (χ4v) is 1.65. The standard InChI is InChI=1S/C8H14N4/c1-12-6-7(10-11-12)8(2-3-8)4-5-9/h6H,2-5,9H2,1H3. The van der Waals surface area contributed by atoms with Gasteiger partial charge >= 0.3 is 0 Å². The Balaban J connectivity index is 2.18. The van der Waals surface area contributed by atoms with Crippen LogP contribution in [0.4, 0.5) is 0 Å². The number of nitrogens with two attached hydrogens (primary N) is 1. The second-order valence-electron chi connectivity index (χ2n) is 3.60. The number of nitrogens with zero attached hydrogens (tertiary/aromatic N) is 3. The number of rotatable bonds is 3. The largest absolute Gasteiger partial charge is 0.330 e. The molecule has 1 aliphatic carbocycles. The highest BCUT2D eigenvalue weighted by Gasteiger charge is 2.45. The minimum absolute atomic E-state index is 0.295. The zero-order valence-electron chi connectivity index (χ0n) is 7.32. The molecule has 0 spiro atoms. The normalized spacial score (nSPS) is 19.5. The van der Waals surface area contributed by atoms with Gasteiger partial charge in [-0.1, -0.05) is 5.21 Å². The molecule has 1 aliphatic rings. The summed E-state index contributed by atoms with van der Waals surface area (Å²) in [5.74, 6) is 0. The van der Waals surface area contributed by atoms with Crippen LogP contribution in [0.25, 0.3) is 0 Å². The molecule has 1 aromatic rings. The van der Waals surface area contributed by atoms with Crippen molar-refractivity contribution in [1.82, 2.24) is 15.0 Å². The SMILES string of the molecule is Cn1cc(C2(CCN)CC2)nn1. The van der Waals surface area contributed by atoms with Crippen LogP contribution in [0.5, 0.6) is 0 Å². The molecule has 1 fully saturated rings. The minimum atomic E-state index is 0.295. The fraction of sp³-hybridized carbons (Fsp3) is 0.750. The quantitative estimate of drug-likeness (QED) is 0.697. The third kappa shape index (κ3) is 1.12. The highest BCUT2D eigenvalue weighted by Crippen LogP contribution is 2.49. The van der Waals surface area contributed by atoms with E-state index < -0.39 is 0 Å². The Bertz CT molecular complexity index is 274. The molecule has 0 aliphatic heterocycles. The van der Waals surface area contributed by atoms with Crippen LogP contribution < -0.4 is 5.73 Å². The van der Waals surface area contributed by atoms with Crippen LogP contribution in [-0.2, 0) is 12.5 Å². The van der Waals surface area contributed by atoms with E-state index in [1.165, 1.54) is 12.8 Å². The van der Waals surface area contributed by atoms with Crippen molar-refractivity contribution in [2.75, 3.05) is 6.54 Å². The summed E-state index contributed by atoms with van der Waals surface area (Å²) >= 11 is 0. The Hall–Kier alpha value is -0.900. The van der Waals surface area contributed by atoms with Gasteiger partial charge in [0.25, 0.3) is 0 Å². The van der Waals surface area contributed by atoms with Gasteiger partial charge in [0.05, 0.1) is 5.69 Å². The maximum absolute atomic E-state index is 5.54. The maximum atomic E-state index is 5.54. The van der Waals surface area contributed by atoms with E-state index in [0.717, 1.165) is 18.7 Å². The van der Waals surface area contributed by atoms with Crippen molar-refractivity contribution in [3.63, 3.8) is 0 Å². The van der Waals surface area contributed by atoms with Crippen molar-refractivity contribution in [2.45, 2.75) is 24.7 Å². The lowest BCUT2D eigenvalue weighted by molar-refractivity contribution is 0.607. The second-order valence-corrected chi connectivity index (χ2v) is 3.60. The van der Waals surface area contributed by atoms with Gasteiger partial charge in [-0.3, -0.25) is 4.68 Å². The number of aryl methyl sites for hydroxylation is 1. The molecule has 1 heterocycles. The molecule has 4 nitrogen and oxygen atoms in total. The number of hydrogen-bond acceptors (Lipinski definition) is 3. The highest BCUT2D eigenvalue weighted by atomic mass is 15.4. The van der Waals surface area contributed by atoms with Gasteiger partial charge < -0.3 is 5.73 Å². The van der Waals surface area contributed by atoms with E-state index in [-0.39, 0.29) is 0 Å². The van der Waals surface area contributed by atoms with E-state index in [9.17, 15) is 0 Å². The van der Waals surface area contributed by atoms with Crippen molar-refractivity contribution in [3.8, 4) is 0 Å². The zero-order valence-corrected chi connectivity index (χ0v) is 7.32. The van der Waals surface area contributed by atoms with Crippen molar-refractivity contribution >= 4 is 0 Å². The van der Waals surface area contributed by atoms with E-state index in [2.05, 4.69) is 10.3 Å². The van der Waals surface area contributed by atoms with Crippen molar-refractivity contribution in [2.24, 2.45) is 12.8 Å². The van der Waals surface area contributed by atoms with Crippen LogP contribution in [0.15, 0.2) is 6.20 Å². The number of hydrogen-bond donors (Lipinski definition) is 1. The summed E-state index contributed by atoms with van der Waals surface area (Å²) < 4.78 is 1.76. The smallest absolute Gasteiger partial charge is 0.0889 e. The Labute approximate surface area is 71.8 Å². The Morgan fingerprint density at radius 3 is 2.83 bits per heavy atom. The van der Waals surface area contributed by atoms with Crippen molar-refractivity contribution in [3.05, 3.63) is 11.9 Å². The summed E-state index contributed by atoms with van der Waals surface area (Å²) in [4.78, 5) is 0. The Morgan fingerprint density at radius 1 is 1.67 bits per heavy atom. The van der Waals surface area contributed by atoms with Gasteiger partial charge in [0.1, 0.15) is 0 Å². The minimum Gasteiger partial charge on any atom is -0.330 e. The first-order valence-corrected chi connectivity index (χ1v) is 4.34. The zero-order chi connectivity index (χ0) is 8.60. The Morgan fingerprint density at radius 2 is 2.42 bits per heavy atom. The van der Waals surface area contributed by atoms with Gasteiger partial charge in [0.15, 0.2) is 0 Å². The maximum Gasteiger partial charge on any atom is 0.0889 e. The Kier molecular flexibility index (Phi) is 1.65. The summed E-state index contributed by atoms with van der Waals surface area (Å²) in [5, 5.41) is 8.06. The molecule has 66 valence electrons. The lowest BCUT2D eigenvalue weighted by atomic mass is 9.99. The molecular formula is C8H14N4. The molecule has 0 saturated heterocycles. The summed E-state index contributed by atoms with van der Waals surface area (Å²) in [6, 6.07) is 0. The molecule has 0 unspecified atom stereocenters. The summed E-state index contributed by atoms with van der Waals surface area (Å²) in [6.45, 7) is 0.747. The summed E-state index contributed by atoms with van der Waals surface area (Å²) in [7, 11) is 1.90. The molecule has 0 aromatic carbocycles. The lowest BCUT2D eigenvalue weighted by Crippen LogP contribution is -2.13. The third-order valence-electron chi connectivity index (χ3n) is 2.62. The van der Waals surface area contributed by atoms with Gasteiger partial charge in [0.2, 0.25) is 0 Å². The molecule has 4 heteroatoms. The molecule has 2 N–H and O–H groups in total. The fourth-order valence-electron chi connectivity index (χ4n) is 1.65. The average molecular weight is 166 g/mol. The van der Waals surface area contributed by atoms with Gasteiger partial charge in [-0.15, -0.1) is 5.10 Å².